The average Bonchev–Trinajstić information content (AvgIpc) is 3.07. The Morgan fingerprint density at radius 3 is 2.36 bits per heavy atom. The molecular weight excluding hydrogens is 374 g/mol. The summed E-state index contributed by atoms with van der Waals surface area (Å²) >= 11 is 6.38. The van der Waals surface area contributed by atoms with Crippen molar-refractivity contribution in [1.29, 1.82) is 0 Å². The summed E-state index contributed by atoms with van der Waals surface area (Å²) in [5.74, 6) is 0.892. The van der Waals surface area contributed by atoms with Crippen molar-refractivity contribution in [2.45, 2.75) is 44.9 Å². The molecule has 2 aromatic rings. The SMILES string of the molecule is CC(C)Oc1ccc(C(=O)N2CCC3(CC2)c2ccc(Cl)n2CCN3C)cc1. The first-order chi connectivity index (χ1) is 13.4. The Hall–Kier alpha value is -1.98. The zero-order chi connectivity index (χ0) is 19.9. The Bertz CT molecular complexity index is 851. The van der Waals surface area contributed by atoms with Gasteiger partial charge in [-0.15, -0.1) is 0 Å². The number of likely N-dealkylation sites (N-methyl/N-ethyl adjacent to an activating group) is 1. The van der Waals surface area contributed by atoms with Gasteiger partial charge in [0, 0.05) is 37.4 Å². The van der Waals surface area contributed by atoms with Crippen molar-refractivity contribution in [3.8, 4) is 5.75 Å². The van der Waals surface area contributed by atoms with E-state index in [-0.39, 0.29) is 17.6 Å². The summed E-state index contributed by atoms with van der Waals surface area (Å²) in [6.07, 6.45) is 1.97. The van der Waals surface area contributed by atoms with Crippen LogP contribution in [0.3, 0.4) is 0 Å². The number of halogens is 1. The van der Waals surface area contributed by atoms with Gasteiger partial charge in [0.2, 0.25) is 0 Å². The number of piperidine rings is 1. The summed E-state index contributed by atoms with van der Waals surface area (Å²) in [6.45, 7) is 7.38. The van der Waals surface area contributed by atoms with Gasteiger partial charge in [-0.2, -0.15) is 0 Å². The third-order valence-corrected chi connectivity index (χ3v) is 6.47. The van der Waals surface area contributed by atoms with Crippen LogP contribution >= 0.6 is 11.6 Å². The number of amides is 1. The molecule has 0 atom stereocenters. The first-order valence-electron chi connectivity index (χ1n) is 10.0. The molecule has 5 nitrogen and oxygen atoms in total. The number of hydrogen-bond donors (Lipinski definition) is 0. The van der Waals surface area contributed by atoms with E-state index in [2.05, 4.69) is 22.6 Å². The molecule has 1 aromatic heterocycles. The van der Waals surface area contributed by atoms with E-state index in [9.17, 15) is 4.79 Å². The van der Waals surface area contributed by atoms with Gasteiger partial charge in [-0.25, -0.2) is 0 Å². The number of hydrogen-bond acceptors (Lipinski definition) is 3. The molecule has 1 amide bonds. The topological polar surface area (TPSA) is 37.7 Å². The molecule has 2 aliphatic heterocycles. The van der Waals surface area contributed by atoms with Crippen LogP contribution in [0.25, 0.3) is 0 Å². The van der Waals surface area contributed by atoms with Gasteiger partial charge in [-0.05, 0) is 70.1 Å². The summed E-state index contributed by atoms with van der Waals surface area (Å²) < 4.78 is 7.90. The average molecular weight is 402 g/mol. The Morgan fingerprint density at radius 2 is 1.71 bits per heavy atom. The smallest absolute Gasteiger partial charge is 0.253 e. The number of aromatic nitrogens is 1. The number of carbonyl (C=O) groups is 1. The van der Waals surface area contributed by atoms with Crippen LogP contribution in [0.1, 0.15) is 42.7 Å². The normalized spacial score (nSPS) is 19.1. The highest BCUT2D eigenvalue weighted by Gasteiger charge is 2.44. The molecule has 0 N–H and O–H groups in total. The lowest BCUT2D eigenvalue weighted by Gasteiger charge is -2.50. The predicted octanol–water partition coefficient (Wildman–Crippen LogP) is 4.01. The zero-order valence-corrected chi connectivity index (χ0v) is 17.6. The lowest BCUT2D eigenvalue weighted by atomic mass is 9.81. The third kappa shape index (κ3) is 3.31. The number of nitrogens with zero attached hydrogens (tertiary/aromatic N) is 3. The van der Waals surface area contributed by atoms with E-state index in [0.717, 1.165) is 55.5 Å². The van der Waals surface area contributed by atoms with Crippen LogP contribution in [-0.4, -0.2) is 53.1 Å². The molecule has 28 heavy (non-hydrogen) atoms. The summed E-state index contributed by atoms with van der Waals surface area (Å²) in [5, 5.41) is 0.810. The largest absolute Gasteiger partial charge is 0.491 e. The lowest BCUT2D eigenvalue weighted by Crippen LogP contribution is -2.56. The second-order valence-corrected chi connectivity index (χ2v) is 8.52. The minimum Gasteiger partial charge on any atom is -0.491 e. The van der Waals surface area contributed by atoms with Gasteiger partial charge < -0.3 is 14.2 Å². The van der Waals surface area contributed by atoms with E-state index in [1.807, 2.05) is 49.1 Å². The molecular formula is C22H28ClN3O2. The molecule has 3 heterocycles. The van der Waals surface area contributed by atoms with Gasteiger partial charge in [-0.3, -0.25) is 9.69 Å². The van der Waals surface area contributed by atoms with Gasteiger partial charge in [0.05, 0.1) is 11.6 Å². The Kier molecular flexibility index (Phi) is 5.15. The number of likely N-dealkylation sites (tertiary alicyclic amines) is 1. The second kappa shape index (κ2) is 7.45. The molecule has 6 heteroatoms. The number of fused-ring (bicyclic) bond motifs is 2. The fraction of sp³-hybridized carbons (Fsp3) is 0.500. The molecule has 1 saturated heterocycles. The number of benzene rings is 1. The highest BCUT2D eigenvalue weighted by molar-refractivity contribution is 6.29. The monoisotopic (exact) mass is 401 g/mol. The van der Waals surface area contributed by atoms with E-state index in [0.29, 0.717) is 0 Å². The number of rotatable bonds is 3. The lowest BCUT2D eigenvalue weighted by molar-refractivity contribution is 0.0132. The quantitative estimate of drug-likeness (QED) is 0.780. The van der Waals surface area contributed by atoms with Crippen LogP contribution in [-0.2, 0) is 12.1 Å². The molecule has 150 valence electrons. The summed E-state index contributed by atoms with van der Waals surface area (Å²) in [5.41, 5.74) is 1.97. The van der Waals surface area contributed by atoms with Crippen LogP contribution in [0.4, 0.5) is 0 Å². The van der Waals surface area contributed by atoms with Crippen LogP contribution < -0.4 is 4.74 Å². The van der Waals surface area contributed by atoms with E-state index in [4.69, 9.17) is 16.3 Å². The Morgan fingerprint density at radius 1 is 1.04 bits per heavy atom. The van der Waals surface area contributed by atoms with Gasteiger partial charge >= 0.3 is 0 Å². The van der Waals surface area contributed by atoms with Crippen molar-refractivity contribution < 1.29 is 9.53 Å². The Balaban J connectivity index is 1.47. The number of ether oxygens (including phenoxy) is 1. The van der Waals surface area contributed by atoms with Crippen molar-refractivity contribution in [3.63, 3.8) is 0 Å². The first-order valence-corrected chi connectivity index (χ1v) is 10.4. The molecule has 0 bridgehead atoms. The fourth-order valence-electron chi connectivity index (χ4n) is 4.58. The number of carbonyl (C=O) groups excluding carboxylic acids is 1. The van der Waals surface area contributed by atoms with Gasteiger partial charge in [0.15, 0.2) is 0 Å². The maximum atomic E-state index is 13.0. The zero-order valence-electron chi connectivity index (χ0n) is 16.8. The molecule has 0 saturated carbocycles. The van der Waals surface area contributed by atoms with Crippen LogP contribution in [0, 0.1) is 0 Å². The van der Waals surface area contributed by atoms with E-state index in [1.165, 1.54) is 5.69 Å². The van der Waals surface area contributed by atoms with E-state index < -0.39 is 0 Å². The standard InChI is InChI=1S/C22H28ClN3O2/c1-16(2)28-18-6-4-17(5-7-18)21(27)25-12-10-22(11-13-25)19-8-9-20(23)26(19)15-14-24(22)3/h4-9,16H,10-15H2,1-3H3. The van der Waals surface area contributed by atoms with Crippen LogP contribution in [0.2, 0.25) is 5.15 Å². The predicted molar refractivity (Wildman–Crippen MR) is 111 cm³/mol. The molecule has 2 aliphatic rings. The minimum absolute atomic E-state index is 0.0306. The maximum absolute atomic E-state index is 13.0. The van der Waals surface area contributed by atoms with E-state index in [1.54, 1.807) is 0 Å². The first kappa shape index (κ1) is 19.3. The second-order valence-electron chi connectivity index (χ2n) is 8.13. The van der Waals surface area contributed by atoms with Crippen molar-refractivity contribution >= 4 is 17.5 Å². The third-order valence-electron chi connectivity index (χ3n) is 6.14. The van der Waals surface area contributed by atoms with Crippen LogP contribution in [0.5, 0.6) is 5.75 Å². The van der Waals surface area contributed by atoms with E-state index >= 15 is 0 Å². The Labute approximate surface area is 171 Å². The minimum atomic E-state index is -0.0306. The van der Waals surface area contributed by atoms with Crippen molar-refractivity contribution in [3.05, 3.63) is 52.8 Å². The molecule has 4 rings (SSSR count). The van der Waals surface area contributed by atoms with Crippen molar-refractivity contribution in [2.24, 2.45) is 0 Å². The summed E-state index contributed by atoms with van der Waals surface area (Å²) in [7, 11) is 2.19. The van der Waals surface area contributed by atoms with Gasteiger partial charge in [0.1, 0.15) is 10.9 Å². The molecule has 1 spiro atoms. The highest BCUT2D eigenvalue weighted by Crippen LogP contribution is 2.42. The van der Waals surface area contributed by atoms with Gasteiger partial charge in [-0.1, -0.05) is 11.6 Å². The summed E-state index contributed by atoms with van der Waals surface area (Å²) in [6, 6.07) is 11.6. The van der Waals surface area contributed by atoms with Crippen molar-refractivity contribution in [1.82, 2.24) is 14.4 Å². The van der Waals surface area contributed by atoms with Gasteiger partial charge in [0.25, 0.3) is 5.91 Å². The summed E-state index contributed by atoms with van der Waals surface area (Å²) in [4.78, 5) is 17.4. The molecule has 0 radical (unpaired) electrons. The van der Waals surface area contributed by atoms with Crippen molar-refractivity contribution in [2.75, 3.05) is 26.7 Å². The molecule has 0 unspecified atom stereocenters. The molecule has 1 aromatic carbocycles. The molecule has 0 aliphatic carbocycles. The highest BCUT2D eigenvalue weighted by atomic mass is 35.5. The molecule has 1 fully saturated rings. The fourth-order valence-corrected chi connectivity index (χ4v) is 4.82. The van der Waals surface area contributed by atoms with Crippen LogP contribution in [0.15, 0.2) is 36.4 Å². The maximum Gasteiger partial charge on any atom is 0.253 e.